The molecule has 0 aromatic heterocycles. The van der Waals surface area contributed by atoms with Crippen LogP contribution in [0.15, 0.2) is 42.5 Å². The maximum atomic E-state index is 13.2. The zero-order chi connectivity index (χ0) is 23.1. The fourth-order valence-corrected chi connectivity index (χ4v) is 4.25. The Hall–Kier alpha value is -2.24. The standard InChI is InChI=1S/C25H30Cl2N2O3/c1-17-13-22(11-12-23(17)27)32-16-24(30)29(15-19-7-6-8-20(26)14-19)18(2)25(31)28-21-9-4-3-5-10-21/h6-8,11-14,18,21H,3-5,9-10,15-16H2,1-2H3,(H,28,31)/t18-/m1/s1. The largest absolute Gasteiger partial charge is 0.484 e. The van der Waals surface area contributed by atoms with Crippen molar-refractivity contribution >= 4 is 35.0 Å². The Bertz CT molecular complexity index is 945. The minimum Gasteiger partial charge on any atom is -0.484 e. The van der Waals surface area contributed by atoms with Crippen LogP contribution < -0.4 is 10.1 Å². The number of carbonyl (C=O) groups excluding carboxylic acids is 2. The lowest BCUT2D eigenvalue weighted by atomic mass is 9.95. The van der Waals surface area contributed by atoms with Gasteiger partial charge in [-0.05, 0) is 68.1 Å². The van der Waals surface area contributed by atoms with Crippen molar-refractivity contribution in [1.82, 2.24) is 10.2 Å². The smallest absolute Gasteiger partial charge is 0.261 e. The van der Waals surface area contributed by atoms with Crippen molar-refractivity contribution in [2.24, 2.45) is 0 Å². The third-order valence-corrected chi connectivity index (χ3v) is 6.51. The first-order valence-corrected chi connectivity index (χ1v) is 11.8. The molecule has 3 rings (SSSR count). The number of halogens is 2. The first-order chi connectivity index (χ1) is 15.3. The molecule has 172 valence electrons. The molecule has 2 aromatic rings. The number of carbonyl (C=O) groups is 2. The second kappa shape index (κ2) is 11.6. The fraction of sp³-hybridized carbons (Fsp3) is 0.440. The van der Waals surface area contributed by atoms with Crippen LogP contribution in [0.3, 0.4) is 0 Å². The van der Waals surface area contributed by atoms with E-state index in [0.717, 1.165) is 36.8 Å². The first kappa shape index (κ1) is 24.4. The molecule has 1 saturated carbocycles. The summed E-state index contributed by atoms with van der Waals surface area (Å²) in [5.41, 5.74) is 1.72. The maximum Gasteiger partial charge on any atom is 0.261 e. The summed E-state index contributed by atoms with van der Waals surface area (Å²) in [6.07, 6.45) is 5.43. The molecule has 0 spiro atoms. The topological polar surface area (TPSA) is 58.6 Å². The summed E-state index contributed by atoms with van der Waals surface area (Å²) in [4.78, 5) is 27.7. The Labute approximate surface area is 200 Å². The van der Waals surface area contributed by atoms with Crippen molar-refractivity contribution in [3.63, 3.8) is 0 Å². The molecule has 1 atom stereocenters. The summed E-state index contributed by atoms with van der Waals surface area (Å²) >= 11 is 12.2. The van der Waals surface area contributed by atoms with E-state index in [9.17, 15) is 9.59 Å². The number of rotatable bonds is 8. The Morgan fingerprint density at radius 2 is 1.88 bits per heavy atom. The Morgan fingerprint density at radius 1 is 1.12 bits per heavy atom. The highest BCUT2D eigenvalue weighted by Gasteiger charge is 2.28. The first-order valence-electron chi connectivity index (χ1n) is 11.1. The summed E-state index contributed by atoms with van der Waals surface area (Å²) in [6.45, 7) is 3.72. The molecule has 1 aliphatic carbocycles. The van der Waals surface area contributed by atoms with Crippen molar-refractivity contribution in [1.29, 1.82) is 0 Å². The van der Waals surface area contributed by atoms with Crippen molar-refractivity contribution in [2.75, 3.05) is 6.61 Å². The molecule has 32 heavy (non-hydrogen) atoms. The van der Waals surface area contributed by atoms with Gasteiger partial charge in [-0.3, -0.25) is 9.59 Å². The van der Waals surface area contributed by atoms with Gasteiger partial charge in [0.25, 0.3) is 5.91 Å². The van der Waals surface area contributed by atoms with E-state index in [4.69, 9.17) is 27.9 Å². The zero-order valence-corrected chi connectivity index (χ0v) is 20.1. The average molecular weight is 477 g/mol. The molecule has 0 saturated heterocycles. The fourth-order valence-electron chi connectivity index (χ4n) is 3.92. The molecule has 0 unspecified atom stereocenters. The van der Waals surface area contributed by atoms with E-state index in [1.807, 2.05) is 19.1 Å². The summed E-state index contributed by atoms with van der Waals surface area (Å²) in [7, 11) is 0. The van der Waals surface area contributed by atoms with Gasteiger partial charge in [0.1, 0.15) is 11.8 Å². The highest BCUT2D eigenvalue weighted by atomic mass is 35.5. The SMILES string of the molecule is Cc1cc(OCC(=O)N(Cc2cccc(Cl)c2)[C@H](C)C(=O)NC2CCCCC2)ccc1Cl. The Morgan fingerprint density at radius 3 is 2.56 bits per heavy atom. The van der Waals surface area contributed by atoms with Crippen molar-refractivity contribution in [2.45, 2.75) is 64.6 Å². The number of nitrogens with zero attached hydrogens (tertiary/aromatic N) is 1. The van der Waals surface area contributed by atoms with Crippen LogP contribution in [0.25, 0.3) is 0 Å². The minimum absolute atomic E-state index is 0.144. The maximum absolute atomic E-state index is 13.2. The zero-order valence-electron chi connectivity index (χ0n) is 18.6. The molecular weight excluding hydrogens is 447 g/mol. The number of ether oxygens (including phenoxy) is 1. The van der Waals surface area contributed by atoms with Gasteiger partial charge < -0.3 is 15.0 Å². The highest BCUT2D eigenvalue weighted by molar-refractivity contribution is 6.31. The molecule has 1 aliphatic rings. The van der Waals surface area contributed by atoms with Gasteiger partial charge in [0.05, 0.1) is 0 Å². The van der Waals surface area contributed by atoms with Crippen molar-refractivity contribution < 1.29 is 14.3 Å². The minimum atomic E-state index is -0.640. The summed E-state index contributed by atoms with van der Waals surface area (Å²) < 4.78 is 5.72. The van der Waals surface area contributed by atoms with Gasteiger partial charge in [0.2, 0.25) is 5.91 Å². The number of hydrogen-bond donors (Lipinski definition) is 1. The molecule has 5 nitrogen and oxygen atoms in total. The second-order valence-electron chi connectivity index (χ2n) is 8.37. The van der Waals surface area contributed by atoms with Crippen LogP contribution in [-0.2, 0) is 16.1 Å². The lowest BCUT2D eigenvalue weighted by Crippen LogP contribution is -2.51. The van der Waals surface area contributed by atoms with Crippen LogP contribution in [0.5, 0.6) is 5.75 Å². The normalized spacial score (nSPS) is 15.1. The average Bonchev–Trinajstić information content (AvgIpc) is 2.78. The monoisotopic (exact) mass is 476 g/mol. The molecule has 7 heteroatoms. The highest BCUT2D eigenvalue weighted by Crippen LogP contribution is 2.22. The van der Waals surface area contributed by atoms with Crippen molar-refractivity contribution in [3.8, 4) is 5.75 Å². The molecule has 0 heterocycles. The van der Waals surface area contributed by atoms with E-state index >= 15 is 0 Å². The van der Waals surface area contributed by atoms with E-state index in [2.05, 4.69) is 5.32 Å². The van der Waals surface area contributed by atoms with Crippen LogP contribution >= 0.6 is 23.2 Å². The van der Waals surface area contributed by atoms with Gasteiger partial charge in [-0.25, -0.2) is 0 Å². The molecule has 0 aliphatic heterocycles. The summed E-state index contributed by atoms with van der Waals surface area (Å²) in [6, 6.07) is 12.1. The van der Waals surface area contributed by atoms with Gasteiger partial charge >= 0.3 is 0 Å². The van der Waals surface area contributed by atoms with E-state index in [0.29, 0.717) is 15.8 Å². The lowest BCUT2D eigenvalue weighted by Gasteiger charge is -2.31. The number of benzene rings is 2. The van der Waals surface area contributed by atoms with Gasteiger partial charge in [-0.2, -0.15) is 0 Å². The Balaban J connectivity index is 1.71. The van der Waals surface area contributed by atoms with Gasteiger partial charge in [-0.15, -0.1) is 0 Å². The molecule has 2 aromatic carbocycles. The van der Waals surface area contributed by atoms with E-state index in [1.165, 1.54) is 6.42 Å². The molecule has 1 N–H and O–H groups in total. The van der Waals surface area contributed by atoms with Crippen LogP contribution in [0.2, 0.25) is 10.0 Å². The summed E-state index contributed by atoms with van der Waals surface area (Å²) in [5, 5.41) is 4.35. The summed E-state index contributed by atoms with van der Waals surface area (Å²) in [5.74, 6) is 0.140. The molecule has 2 amide bonds. The number of amides is 2. The lowest BCUT2D eigenvalue weighted by molar-refractivity contribution is -0.142. The van der Waals surface area contributed by atoms with Crippen LogP contribution in [0, 0.1) is 6.92 Å². The molecular formula is C25H30Cl2N2O3. The quantitative estimate of drug-likeness (QED) is 0.543. The predicted molar refractivity (Wildman–Crippen MR) is 128 cm³/mol. The van der Waals surface area contributed by atoms with E-state index < -0.39 is 6.04 Å². The number of hydrogen-bond acceptors (Lipinski definition) is 3. The predicted octanol–water partition coefficient (Wildman–Crippen LogP) is 5.55. The van der Waals surface area contributed by atoms with E-state index in [-0.39, 0.29) is 31.0 Å². The van der Waals surface area contributed by atoms with E-state index in [1.54, 1.807) is 42.2 Å². The van der Waals surface area contributed by atoms with Crippen molar-refractivity contribution in [3.05, 3.63) is 63.6 Å². The molecule has 0 bridgehead atoms. The Kier molecular flexibility index (Phi) is 8.83. The van der Waals surface area contributed by atoms with Crippen LogP contribution in [0.4, 0.5) is 0 Å². The van der Waals surface area contributed by atoms with Gasteiger partial charge in [0.15, 0.2) is 6.61 Å². The second-order valence-corrected chi connectivity index (χ2v) is 9.21. The number of aryl methyl sites for hydroxylation is 1. The van der Waals surface area contributed by atoms with Crippen LogP contribution in [-0.4, -0.2) is 35.4 Å². The third-order valence-electron chi connectivity index (χ3n) is 5.85. The third kappa shape index (κ3) is 6.88. The van der Waals surface area contributed by atoms with Gasteiger partial charge in [-0.1, -0.05) is 54.6 Å². The molecule has 0 radical (unpaired) electrons. The van der Waals surface area contributed by atoms with Crippen LogP contribution in [0.1, 0.15) is 50.2 Å². The number of nitrogens with one attached hydrogen (secondary N) is 1. The van der Waals surface area contributed by atoms with Gasteiger partial charge in [0, 0.05) is 22.6 Å². The molecule has 1 fully saturated rings.